The van der Waals surface area contributed by atoms with E-state index in [1.165, 1.54) is 0 Å². The Hall–Kier alpha value is -2.05. The fourth-order valence-corrected chi connectivity index (χ4v) is 1.55. The maximum absolute atomic E-state index is 13.4. The molecule has 4 nitrogen and oxygen atoms in total. The van der Waals surface area contributed by atoms with Gasteiger partial charge >= 0.3 is 11.9 Å². The second-order valence-electron chi connectivity index (χ2n) is 3.42. The third-order valence-electron chi connectivity index (χ3n) is 2.17. The van der Waals surface area contributed by atoms with Crippen molar-refractivity contribution in [2.75, 3.05) is 18.0 Å². The Morgan fingerprint density at radius 2 is 1.47 bits per heavy atom. The summed E-state index contributed by atoms with van der Waals surface area (Å²) in [6, 6.07) is 0.950. The minimum atomic E-state index is -1.18. The first-order valence-corrected chi connectivity index (χ1v) is 4.60. The Morgan fingerprint density at radius 1 is 1.00 bits per heavy atom. The first-order valence-electron chi connectivity index (χ1n) is 4.60. The summed E-state index contributed by atoms with van der Waals surface area (Å²) in [4.78, 5) is 22.7. The van der Waals surface area contributed by atoms with Crippen LogP contribution in [0.2, 0.25) is 0 Å². The van der Waals surface area contributed by atoms with E-state index in [1.807, 2.05) is 0 Å². The molecule has 90 valence electrons. The van der Waals surface area contributed by atoms with E-state index in [4.69, 9.17) is 0 Å². The number of hydrogen-bond acceptors (Lipinski definition) is 4. The van der Waals surface area contributed by atoms with Crippen molar-refractivity contribution in [1.82, 2.24) is 0 Å². The average Bonchev–Trinajstić information content (AvgIpc) is 2.13. The third kappa shape index (κ3) is 2.22. The lowest BCUT2D eigenvalue weighted by molar-refractivity contribution is -0.160. The van der Waals surface area contributed by atoms with Gasteiger partial charge in [0, 0.05) is 12.1 Å². The van der Waals surface area contributed by atoms with Gasteiger partial charge in [-0.3, -0.25) is 0 Å². The van der Waals surface area contributed by atoms with Crippen molar-refractivity contribution in [2.45, 2.75) is 0 Å². The van der Waals surface area contributed by atoms with Crippen molar-refractivity contribution in [3.63, 3.8) is 0 Å². The Bertz CT molecular complexity index is 465. The summed E-state index contributed by atoms with van der Waals surface area (Å²) in [6.45, 7) is -0.934. The summed E-state index contributed by atoms with van der Waals surface area (Å²) in [5.74, 6) is -5.25. The molecular formula is C10H6F3NO3. The van der Waals surface area contributed by atoms with Crippen LogP contribution in [0, 0.1) is 17.5 Å². The van der Waals surface area contributed by atoms with Crippen LogP contribution in [-0.4, -0.2) is 25.0 Å². The van der Waals surface area contributed by atoms with Gasteiger partial charge < -0.3 is 9.64 Å². The van der Waals surface area contributed by atoms with Crippen LogP contribution in [0.3, 0.4) is 0 Å². The molecule has 0 saturated carbocycles. The Morgan fingerprint density at radius 3 is 1.94 bits per heavy atom. The number of carbonyl (C=O) groups is 2. The van der Waals surface area contributed by atoms with Gasteiger partial charge in [0.15, 0.2) is 11.6 Å². The van der Waals surface area contributed by atoms with Crippen molar-refractivity contribution >= 4 is 17.6 Å². The first kappa shape index (κ1) is 11.4. The number of hydrogen-bond donors (Lipinski definition) is 0. The molecular weight excluding hydrogens is 239 g/mol. The summed E-state index contributed by atoms with van der Waals surface area (Å²) in [7, 11) is 0. The van der Waals surface area contributed by atoms with Crippen LogP contribution < -0.4 is 4.90 Å². The van der Waals surface area contributed by atoms with E-state index in [1.54, 1.807) is 0 Å². The van der Waals surface area contributed by atoms with Gasteiger partial charge in [-0.2, -0.15) is 0 Å². The van der Waals surface area contributed by atoms with Crippen molar-refractivity contribution in [2.24, 2.45) is 0 Å². The van der Waals surface area contributed by atoms with Crippen molar-refractivity contribution in [3.8, 4) is 0 Å². The van der Waals surface area contributed by atoms with Crippen LogP contribution in [0.1, 0.15) is 0 Å². The highest BCUT2D eigenvalue weighted by molar-refractivity contribution is 5.94. The summed E-state index contributed by atoms with van der Waals surface area (Å²) >= 11 is 0. The fourth-order valence-electron chi connectivity index (χ4n) is 1.55. The molecule has 1 aliphatic heterocycles. The van der Waals surface area contributed by atoms with E-state index in [0.29, 0.717) is 12.1 Å². The number of benzene rings is 1. The zero-order valence-electron chi connectivity index (χ0n) is 8.37. The van der Waals surface area contributed by atoms with Gasteiger partial charge in [0.05, 0.1) is 0 Å². The number of nitrogens with zero attached hydrogens (tertiary/aromatic N) is 1. The average molecular weight is 245 g/mol. The Kier molecular flexibility index (Phi) is 2.74. The van der Waals surface area contributed by atoms with Crippen LogP contribution in [0.4, 0.5) is 18.9 Å². The van der Waals surface area contributed by atoms with E-state index in [2.05, 4.69) is 4.74 Å². The molecule has 1 fully saturated rings. The zero-order chi connectivity index (χ0) is 12.6. The highest BCUT2D eigenvalue weighted by Gasteiger charge is 2.29. The van der Waals surface area contributed by atoms with E-state index < -0.39 is 48.2 Å². The number of rotatable bonds is 1. The maximum Gasteiger partial charge on any atom is 0.333 e. The topological polar surface area (TPSA) is 46.6 Å². The van der Waals surface area contributed by atoms with Crippen molar-refractivity contribution in [1.29, 1.82) is 0 Å². The standard InChI is InChI=1S/C10H6F3NO3/c11-5-1-6(12)10(7(13)2-5)14-3-8(15)17-9(16)4-14/h1-2H,3-4H2. The van der Waals surface area contributed by atoms with Gasteiger partial charge in [-0.15, -0.1) is 0 Å². The molecule has 0 bridgehead atoms. The Labute approximate surface area is 93.6 Å². The second-order valence-corrected chi connectivity index (χ2v) is 3.42. The van der Waals surface area contributed by atoms with E-state index >= 15 is 0 Å². The quantitative estimate of drug-likeness (QED) is 0.547. The molecule has 0 aliphatic carbocycles. The molecule has 2 rings (SSSR count). The van der Waals surface area contributed by atoms with E-state index in [0.717, 1.165) is 4.90 Å². The molecule has 0 N–H and O–H groups in total. The molecule has 0 aromatic heterocycles. The second kappa shape index (κ2) is 4.08. The van der Waals surface area contributed by atoms with Crippen LogP contribution in [0.25, 0.3) is 0 Å². The fraction of sp³-hybridized carbons (Fsp3) is 0.200. The molecule has 0 unspecified atom stereocenters. The van der Waals surface area contributed by atoms with Gasteiger partial charge in [0.25, 0.3) is 0 Å². The predicted molar refractivity (Wildman–Crippen MR) is 49.6 cm³/mol. The van der Waals surface area contributed by atoms with Gasteiger partial charge in [-0.1, -0.05) is 0 Å². The number of ether oxygens (including phenoxy) is 1. The van der Waals surface area contributed by atoms with Gasteiger partial charge in [-0.25, -0.2) is 22.8 Å². The number of morpholine rings is 1. The van der Waals surface area contributed by atoms with Crippen LogP contribution >= 0.6 is 0 Å². The highest BCUT2D eigenvalue weighted by Crippen LogP contribution is 2.25. The van der Waals surface area contributed by atoms with Crippen LogP contribution in [0.5, 0.6) is 0 Å². The molecule has 0 atom stereocenters. The Balaban J connectivity index is 2.40. The normalized spacial score (nSPS) is 16.1. The molecule has 0 amide bonds. The number of carbonyl (C=O) groups excluding carboxylic acids is 2. The number of cyclic esters (lactones) is 2. The highest BCUT2D eigenvalue weighted by atomic mass is 19.1. The van der Waals surface area contributed by atoms with Gasteiger partial charge in [0.1, 0.15) is 24.6 Å². The summed E-state index contributed by atoms with van der Waals surface area (Å²) in [5, 5.41) is 0. The molecule has 0 radical (unpaired) electrons. The smallest absolute Gasteiger partial charge is 0.333 e. The molecule has 1 heterocycles. The number of anilines is 1. The molecule has 1 aliphatic rings. The minimum Gasteiger partial charge on any atom is -0.390 e. The SMILES string of the molecule is O=C1CN(c2c(F)cc(F)cc2F)CC(=O)O1. The first-order chi connectivity index (χ1) is 7.97. The van der Waals surface area contributed by atoms with Crippen molar-refractivity contribution in [3.05, 3.63) is 29.6 Å². The molecule has 1 aromatic rings. The lowest BCUT2D eigenvalue weighted by Gasteiger charge is -2.26. The summed E-state index contributed by atoms with van der Waals surface area (Å²) in [6.07, 6.45) is 0. The van der Waals surface area contributed by atoms with Gasteiger partial charge in [0.2, 0.25) is 0 Å². The summed E-state index contributed by atoms with van der Waals surface area (Å²) < 4.78 is 43.6. The minimum absolute atomic E-state index is 0.467. The maximum atomic E-state index is 13.4. The molecule has 0 spiro atoms. The molecule has 17 heavy (non-hydrogen) atoms. The number of esters is 2. The van der Waals surface area contributed by atoms with Crippen LogP contribution in [0.15, 0.2) is 12.1 Å². The molecule has 1 saturated heterocycles. The lowest BCUT2D eigenvalue weighted by atomic mass is 10.2. The summed E-state index contributed by atoms with van der Waals surface area (Å²) in [5.41, 5.74) is -0.614. The zero-order valence-corrected chi connectivity index (χ0v) is 8.37. The van der Waals surface area contributed by atoms with E-state index in [-0.39, 0.29) is 0 Å². The van der Waals surface area contributed by atoms with E-state index in [9.17, 15) is 22.8 Å². The van der Waals surface area contributed by atoms with Crippen molar-refractivity contribution < 1.29 is 27.5 Å². The monoisotopic (exact) mass is 245 g/mol. The lowest BCUT2D eigenvalue weighted by Crippen LogP contribution is -2.43. The number of halogens is 3. The molecule has 1 aromatic carbocycles. The van der Waals surface area contributed by atoms with Crippen LogP contribution in [-0.2, 0) is 14.3 Å². The largest absolute Gasteiger partial charge is 0.390 e. The molecule has 7 heteroatoms. The predicted octanol–water partition coefficient (Wildman–Crippen LogP) is 0.994. The van der Waals surface area contributed by atoms with Gasteiger partial charge in [-0.05, 0) is 0 Å². The third-order valence-corrected chi connectivity index (χ3v) is 2.17.